The van der Waals surface area contributed by atoms with Gasteiger partial charge in [0.05, 0.1) is 28.4 Å². The van der Waals surface area contributed by atoms with Crippen LogP contribution in [0, 0.1) is 11.3 Å². The molecule has 0 aliphatic carbocycles. The van der Waals surface area contributed by atoms with Crippen LogP contribution in [0.4, 0.5) is 32.0 Å². The average molecular weight is 433 g/mol. The Morgan fingerprint density at radius 1 is 1.17 bits per heavy atom. The predicted octanol–water partition coefficient (Wildman–Crippen LogP) is 3.76. The van der Waals surface area contributed by atoms with E-state index in [2.05, 4.69) is 4.98 Å². The largest absolute Gasteiger partial charge is 0.474 e. The van der Waals surface area contributed by atoms with Crippen LogP contribution in [0.5, 0.6) is 5.88 Å². The summed E-state index contributed by atoms with van der Waals surface area (Å²) in [6.07, 6.45) is -9.02. The van der Waals surface area contributed by atoms with Crippen LogP contribution in [0.15, 0.2) is 36.5 Å². The first-order valence-corrected chi connectivity index (χ1v) is 8.05. The first kappa shape index (κ1) is 23.0. The second kappa shape index (κ2) is 8.19. The van der Waals surface area contributed by atoms with E-state index in [4.69, 9.17) is 10.00 Å². The third-order valence-electron chi connectivity index (χ3n) is 3.76. The molecule has 6 nitrogen and oxygen atoms in total. The van der Waals surface area contributed by atoms with Crippen LogP contribution in [0.2, 0.25) is 0 Å². The fourth-order valence-corrected chi connectivity index (χ4v) is 2.13. The summed E-state index contributed by atoms with van der Waals surface area (Å²) >= 11 is 0. The van der Waals surface area contributed by atoms with Crippen LogP contribution in [-0.4, -0.2) is 28.2 Å². The second-order valence-corrected chi connectivity index (χ2v) is 6.27. The Bertz CT molecular complexity index is 963. The van der Waals surface area contributed by atoms with Gasteiger partial charge in [-0.05, 0) is 31.2 Å². The minimum atomic E-state index is -4.89. The van der Waals surface area contributed by atoms with E-state index in [0.29, 0.717) is 18.3 Å². The summed E-state index contributed by atoms with van der Waals surface area (Å²) in [6.45, 7) is 0.123. The number of benzene rings is 1. The van der Waals surface area contributed by atoms with Gasteiger partial charge in [-0.25, -0.2) is 4.98 Å². The van der Waals surface area contributed by atoms with Crippen molar-refractivity contribution < 1.29 is 41.0 Å². The predicted molar refractivity (Wildman–Crippen MR) is 90.1 cm³/mol. The van der Waals surface area contributed by atoms with Gasteiger partial charge >= 0.3 is 12.4 Å². The fourth-order valence-electron chi connectivity index (χ4n) is 2.13. The molecular formula is C18H13F6N3O3. The maximum Gasteiger partial charge on any atom is 0.418 e. The fraction of sp³-hybridized carbons (Fsp3) is 0.278. The number of ether oxygens (including phenoxy) is 1. The van der Waals surface area contributed by atoms with Crippen LogP contribution < -0.4 is 10.1 Å². The molecule has 2 rings (SSSR count). The molecule has 0 bridgehead atoms. The Kier molecular flexibility index (Phi) is 6.27. The van der Waals surface area contributed by atoms with E-state index in [-0.39, 0.29) is 11.4 Å². The first-order chi connectivity index (χ1) is 13.7. The van der Waals surface area contributed by atoms with Gasteiger partial charge < -0.3 is 15.2 Å². The Morgan fingerprint density at radius 3 is 2.33 bits per heavy atom. The molecule has 30 heavy (non-hydrogen) atoms. The van der Waals surface area contributed by atoms with Gasteiger partial charge in [0.15, 0.2) is 5.60 Å². The van der Waals surface area contributed by atoms with Crippen molar-refractivity contribution in [2.45, 2.75) is 24.9 Å². The lowest BCUT2D eigenvalue weighted by molar-refractivity contribution is -0.138. The van der Waals surface area contributed by atoms with E-state index in [1.165, 1.54) is 0 Å². The van der Waals surface area contributed by atoms with Crippen molar-refractivity contribution >= 4 is 11.6 Å². The van der Waals surface area contributed by atoms with Crippen LogP contribution >= 0.6 is 0 Å². The SMILES string of the molecule is CC(O)(COc1ccc(C(F)(F)F)cn1)C(=O)Nc1ccc(C#N)cc1C(F)(F)F. The lowest BCUT2D eigenvalue weighted by atomic mass is 10.1. The van der Waals surface area contributed by atoms with Crippen molar-refractivity contribution in [1.29, 1.82) is 5.26 Å². The normalized spacial score (nSPS) is 13.8. The van der Waals surface area contributed by atoms with Gasteiger partial charge in [0.25, 0.3) is 5.91 Å². The molecule has 0 aliphatic heterocycles. The van der Waals surface area contributed by atoms with Gasteiger partial charge in [-0.3, -0.25) is 4.79 Å². The number of hydrogen-bond acceptors (Lipinski definition) is 5. The van der Waals surface area contributed by atoms with Crippen molar-refractivity contribution in [3.63, 3.8) is 0 Å². The number of nitriles is 1. The highest BCUT2D eigenvalue weighted by molar-refractivity contribution is 5.97. The zero-order chi connectivity index (χ0) is 22.7. The van der Waals surface area contributed by atoms with E-state index < -0.39 is 47.3 Å². The van der Waals surface area contributed by atoms with Crippen LogP contribution in [-0.2, 0) is 17.1 Å². The molecule has 2 N–H and O–H groups in total. The van der Waals surface area contributed by atoms with E-state index >= 15 is 0 Å². The van der Waals surface area contributed by atoms with E-state index in [1.807, 2.05) is 5.32 Å². The molecule has 1 aromatic carbocycles. The average Bonchev–Trinajstić information content (AvgIpc) is 2.65. The highest BCUT2D eigenvalue weighted by atomic mass is 19.4. The van der Waals surface area contributed by atoms with Crippen molar-refractivity contribution in [2.24, 2.45) is 0 Å². The number of rotatable bonds is 5. The quantitative estimate of drug-likeness (QED) is 0.701. The number of aromatic nitrogens is 1. The molecule has 160 valence electrons. The lowest BCUT2D eigenvalue weighted by Gasteiger charge is -2.23. The molecule has 1 atom stereocenters. The van der Waals surface area contributed by atoms with E-state index in [1.54, 1.807) is 6.07 Å². The molecule has 1 aromatic heterocycles. The van der Waals surface area contributed by atoms with Crippen molar-refractivity contribution in [2.75, 3.05) is 11.9 Å². The number of halogens is 6. The standard InChI is InChI=1S/C18H13F6N3O3/c1-16(29,9-30-14-5-3-11(8-26-14)17(19,20)21)15(28)27-13-4-2-10(7-25)6-12(13)18(22,23)24/h2-6,8,29H,9H2,1H3,(H,27,28). The Balaban J connectivity index is 2.12. The Morgan fingerprint density at radius 2 is 1.83 bits per heavy atom. The third-order valence-corrected chi connectivity index (χ3v) is 3.76. The van der Waals surface area contributed by atoms with Crippen LogP contribution in [0.25, 0.3) is 0 Å². The van der Waals surface area contributed by atoms with Crippen LogP contribution in [0.3, 0.4) is 0 Å². The lowest BCUT2D eigenvalue weighted by Crippen LogP contribution is -2.45. The third kappa shape index (κ3) is 5.60. The maximum absolute atomic E-state index is 13.2. The molecule has 0 saturated heterocycles. The number of nitrogens with zero attached hydrogens (tertiary/aromatic N) is 2. The Hall–Kier alpha value is -3.33. The van der Waals surface area contributed by atoms with Gasteiger partial charge in [0, 0.05) is 12.3 Å². The summed E-state index contributed by atoms with van der Waals surface area (Å²) in [5, 5.41) is 20.9. The van der Waals surface area contributed by atoms with Gasteiger partial charge in [0.1, 0.15) is 6.61 Å². The summed E-state index contributed by atoms with van der Waals surface area (Å²) < 4.78 is 82.0. The summed E-state index contributed by atoms with van der Waals surface area (Å²) in [7, 11) is 0. The number of aliphatic hydroxyl groups is 1. The molecule has 1 unspecified atom stereocenters. The number of nitrogens with one attached hydrogen (secondary N) is 1. The van der Waals surface area contributed by atoms with Gasteiger partial charge in [0.2, 0.25) is 5.88 Å². The molecule has 0 spiro atoms. The number of anilines is 1. The zero-order valence-corrected chi connectivity index (χ0v) is 15.1. The van der Waals surface area contributed by atoms with Gasteiger partial charge in [-0.15, -0.1) is 0 Å². The molecular weight excluding hydrogens is 420 g/mol. The molecule has 0 fully saturated rings. The van der Waals surface area contributed by atoms with Crippen molar-refractivity contribution in [1.82, 2.24) is 4.98 Å². The number of alkyl halides is 6. The summed E-state index contributed by atoms with van der Waals surface area (Å²) in [4.78, 5) is 15.6. The molecule has 0 aliphatic rings. The minimum Gasteiger partial charge on any atom is -0.474 e. The van der Waals surface area contributed by atoms with Crippen molar-refractivity contribution in [3.05, 3.63) is 53.2 Å². The number of carbonyl (C=O) groups excluding carboxylic acids is 1. The molecule has 12 heteroatoms. The minimum absolute atomic E-state index is 0.288. The number of hydrogen-bond donors (Lipinski definition) is 2. The maximum atomic E-state index is 13.2. The summed E-state index contributed by atoms with van der Waals surface area (Å²) in [5.41, 5.74) is -5.68. The van der Waals surface area contributed by atoms with Gasteiger partial charge in [-0.2, -0.15) is 31.6 Å². The second-order valence-electron chi connectivity index (χ2n) is 6.27. The van der Waals surface area contributed by atoms with E-state index in [9.17, 15) is 36.2 Å². The molecule has 2 aromatic rings. The molecule has 0 radical (unpaired) electrons. The van der Waals surface area contributed by atoms with Crippen LogP contribution in [0.1, 0.15) is 23.6 Å². The Labute approximate surface area is 165 Å². The number of amides is 1. The summed E-state index contributed by atoms with van der Waals surface area (Å²) in [6, 6.07) is 5.51. The number of pyridine rings is 1. The zero-order valence-electron chi connectivity index (χ0n) is 15.1. The molecule has 1 amide bonds. The number of carbonyl (C=O) groups is 1. The first-order valence-electron chi connectivity index (χ1n) is 8.05. The highest BCUT2D eigenvalue weighted by Gasteiger charge is 2.37. The smallest absolute Gasteiger partial charge is 0.418 e. The van der Waals surface area contributed by atoms with Gasteiger partial charge in [-0.1, -0.05) is 0 Å². The topological polar surface area (TPSA) is 95.2 Å². The highest BCUT2D eigenvalue weighted by Crippen LogP contribution is 2.36. The van der Waals surface area contributed by atoms with Crippen molar-refractivity contribution in [3.8, 4) is 11.9 Å². The molecule has 0 saturated carbocycles. The summed E-state index contributed by atoms with van der Waals surface area (Å²) in [5.74, 6) is -1.62. The van der Waals surface area contributed by atoms with E-state index in [0.717, 1.165) is 25.1 Å². The monoisotopic (exact) mass is 433 g/mol. The molecule has 1 heterocycles.